The van der Waals surface area contributed by atoms with E-state index in [1.807, 2.05) is 0 Å². The summed E-state index contributed by atoms with van der Waals surface area (Å²) in [6, 6.07) is 6.07. The van der Waals surface area contributed by atoms with Crippen molar-refractivity contribution < 1.29 is 27.4 Å². The van der Waals surface area contributed by atoms with Crippen molar-refractivity contribution in [3.63, 3.8) is 0 Å². The molecule has 136 valence electrons. The summed E-state index contributed by atoms with van der Waals surface area (Å²) >= 11 is 0. The first kappa shape index (κ1) is 20.4. The average Bonchev–Trinajstić information content (AvgIpc) is 2.51. The summed E-state index contributed by atoms with van der Waals surface area (Å²) in [5.41, 5.74) is 5.77. The standard InChI is InChI=1S/C15H19F3N2O3.ClH/c16-15(17,18)10-23-13-4-2-1-3-12(13)22-9-14(21)20-7-5-11(19)6-8-20;/h1-4,11H,5-10,19H2;1H. The third kappa shape index (κ3) is 6.45. The Labute approximate surface area is 144 Å². The van der Waals surface area contributed by atoms with Gasteiger partial charge in [0.1, 0.15) is 0 Å². The van der Waals surface area contributed by atoms with Crippen molar-refractivity contribution >= 4 is 18.3 Å². The van der Waals surface area contributed by atoms with Gasteiger partial charge in [-0.05, 0) is 25.0 Å². The number of ether oxygens (including phenoxy) is 2. The van der Waals surface area contributed by atoms with Crippen LogP contribution in [0.15, 0.2) is 24.3 Å². The van der Waals surface area contributed by atoms with Gasteiger partial charge in [0, 0.05) is 19.1 Å². The lowest BCUT2D eigenvalue weighted by Crippen LogP contribution is -2.44. The normalized spacial score (nSPS) is 15.6. The number of halogens is 4. The molecule has 0 saturated carbocycles. The predicted molar refractivity (Wildman–Crippen MR) is 84.5 cm³/mol. The number of likely N-dealkylation sites (tertiary alicyclic amines) is 1. The zero-order chi connectivity index (χ0) is 16.9. The third-order valence-electron chi connectivity index (χ3n) is 3.48. The van der Waals surface area contributed by atoms with Crippen molar-refractivity contribution in [3.05, 3.63) is 24.3 Å². The minimum absolute atomic E-state index is 0. The summed E-state index contributed by atoms with van der Waals surface area (Å²) in [6.45, 7) is -0.530. The van der Waals surface area contributed by atoms with E-state index in [4.69, 9.17) is 15.2 Å². The van der Waals surface area contributed by atoms with Crippen molar-refractivity contribution in [1.29, 1.82) is 0 Å². The second kappa shape index (κ2) is 8.98. The van der Waals surface area contributed by atoms with E-state index >= 15 is 0 Å². The number of amides is 1. The van der Waals surface area contributed by atoms with Crippen molar-refractivity contribution in [2.45, 2.75) is 25.1 Å². The Morgan fingerprint density at radius 1 is 1.17 bits per heavy atom. The summed E-state index contributed by atoms with van der Waals surface area (Å²) in [5, 5.41) is 0. The number of hydrogen-bond acceptors (Lipinski definition) is 4. The van der Waals surface area contributed by atoms with E-state index in [1.54, 1.807) is 11.0 Å². The van der Waals surface area contributed by atoms with Crippen LogP contribution in [-0.2, 0) is 4.79 Å². The second-order valence-corrected chi connectivity index (χ2v) is 5.36. The van der Waals surface area contributed by atoms with Crippen molar-refractivity contribution in [1.82, 2.24) is 4.90 Å². The number of nitrogens with two attached hydrogens (primary N) is 1. The molecule has 1 aliphatic rings. The van der Waals surface area contributed by atoms with Crippen molar-refractivity contribution in [2.24, 2.45) is 5.73 Å². The molecule has 1 amide bonds. The molecule has 0 bridgehead atoms. The Balaban J connectivity index is 0.00000288. The van der Waals surface area contributed by atoms with Crippen LogP contribution in [-0.4, -0.2) is 49.3 Å². The summed E-state index contributed by atoms with van der Waals surface area (Å²) in [4.78, 5) is 13.7. The Bertz CT molecular complexity index is 535. The first-order chi connectivity index (χ1) is 10.8. The van der Waals surface area contributed by atoms with E-state index in [0.29, 0.717) is 13.1 Å². The van der Waals surface area contributed by atoms with Gasteiger partial charge < -0.3 is 20.1 Å². The van der Waals surface area contributed by atoms with Crippen LogP contribution in [0.4, 0.5) is 13.2 Å². The minimum Gasteiger partial charge on any atom is -0.480 e. The number of hydrogen-bond donors (Lipinski definition) is 1. The van der Waals surface area contributed by atoms with Crippen LogP contribution in [0.3, 0.4) is 0 Å². The van der Waals surface area contributed by atoms with Gasteiger partial charge in [-0.3, -0.25) is 4.79 Å². The highest BCUT2D eigenvalue weighted by molar-refractivity contribution is 5.85. The average molecular weight is 369 g/mol. The number of benzene rings is 1. The molecule has 9 heteroatoms. The highest BCUT2D eigenvalue weighted by atomic mass is 35.5. The quantitative estimate of drug-likeness (QED) is 0.866. The molecule has 2 rings (SSSR count). The number of alkyl halides is 3. The minimum atomic E-state index is -4.44. The Morgan fingerprint density at radius 2 is 1.71 bits per heavy atom. The van der Waals surface area contributed by atoms with Gasteiger partial charge >= 0.3 is 6.18 Å². The van der Waals surface area contributed by atoms with Crippen LogP contribution in [0.25, 0.3) is 0 Å². The van der Waals surface area contributed by atoms with Crippen LogP contribution in [0.5, 0.6) is 11.5 Å². The summed E-state index contributed by atoms with van der Waals surface area (Å²) < 4.78 is 46.7. The maximum atomic E-state index is 12.2. The molecule has 0 atom stereocenters. The second-order valence-electron chi connectivity index (χ2n) is 5.36. The molecule has 1 heterocycles. The molecular weight excluding hydrogens is 349 g/mol. The van der Waals surface area contributed by atoms with Gasteiger partial charge in [0.05, 0.1) is 0 Å². The molecule has 0 spiro atoms. The molecular formula is C15H20ClF3N2O3. The van der Waals surface area contributed by atoms with E-state index in [1.165, 1.54) is 18.2 Å². The number of carbonyl (C=O) groups is 1. The molecule has 0 aromatic heterocycles. The van der Waals surface area contributed by atoms with E-state index < -0.39 is 12.8 Å². The zero-order valence-electron chi connectivity index (χ0n) is 12.9. The summed E-state index contributed by atoms with van der Waals surface area (Å²) in [5.74, 6) is -0.153. The number of nitrogens with zero attached hydrogens (tertiary/aromatic N) is 1. The third-order valence-corrected chi connectivity index (χ3v) is 3.48. The fraction of sp³-hybridized carbons (Fsp3) is 0.533. The lowest BCUT2D eigenvalue weighted by Gasteiger charge is -2.30. The van der Waals surface area contributed by atoms with Crippen LogP contribution < -0.4 is 15.2 Å². The predicted octanol–water partition coefficient (Wildman–Crippen LogP) is 2.38. The lowest BCUT2D eigenvalue weighted by molar-refractivity contribution is -0.153. The molecule has 5 nitrogen and oxygen atoms in total. The number of carbonyl (C=O) groups excluding carboxylic acids is 1. The van der Waals surface area contributed by atoms with Crippen LogP contribution in [0, 0.1) is 0 Å². The largest absolute Gasteiger partial charge is 0.480 e. The molecule has 1 fully saturated rings. The Hall–Kier alpha value is -1.67. The first-order valence-electron chi connectivity index (χ1n) is 7.30. The highest BCUT2D eigenvalue weighted by Crippen LogP contribution is 2.28. The fourth-order valence-corrected chi connectivity index (χ4v) is 2.23. The Morgan fingerprint density at radius 3 is 2.25 bits per heavy atom. The lowest BCUT2D eigenvalue weighted by atomic mass is 10.1. The van der Waals surface area contributed by atoms with E-state index in [9.17, 15) is 18.0 Å². The number of rotatable bonds is 5. The monoisotopic (exact) mass is 368 g/mol. The Kier molecular flexibility index (Phi) is 7.62. The van der Waals surface area contributed by atoms with Gasteiger partial charge in [-0.2, -0.15) is 13.2 Å². The molecule has 0 aliphatic carbocycles. The van der Waals surface area contributed by atoms with Gasteiger partial charge in [-0.25, -0.2) is 0 Å². The fourth-order valence-electron chi connectivity index (χ4n) is 2.23. The number of piperidine rings is 1. The topological polar surface area (TPSA) is 64.8 Å². The van der Waals surface area contributed by atoms with Gasteiger partial charge in [0.15, 0.2) is 24.7 Å². The van der Waals surface area contributed by atoms with E-state index in [-0.39, 0.29) is 42.5 Å². The van der Waals surface area contributed by atoms with Crippen LogP contribution in [0.1, 0.15) is 12.8 Å². The van der Waals surface area contributed by atoms with Crippen LogP contribution in [0.2, 0.25) is 0 Å². The van der Waals surface area contributed by atoms with Gasteiger partial charge in [0.25, 0.3) is 5.91 Å². The van der Waals surface area contributed by atoms with E-state index in [2.05, 4.69) is 0 Å². The molecule has 0 unspecified atom stereocenters. The van der Waals surface area contributed by atoms with Gasteiger partial charge in [-0.1, -0.05) is 12.1 Å². The molecule has 1 aromatic carbocycles. The number of para-hydroxylation sites is 2. The first-order valence-corrected chi connectivity index (χ1v) is 7.30. The molecule has 1 saturated heterocycles. The van der Waals surface area contributed by atoms with Gasteiger partial charge in [0.2, 0.25) is 0 Å². The molecule has 1 aromatic rings. The zero-order valence-corrected chi connectivity index (χ0v) is 13.7. The van der Waals surface area contributed by atoms with Crippen molar-refractivity contribution in [3.8, 4) is 11.5 Å². The summed E-state index contributed by atoms with van der Waals surface area (Å²) in [6.07, 6.45) is -2.97. The SMILES string of the molecule is Cl.NC1CCN(C(=O)COc2ccccc2OCC(F)(F)F)CC1. The van der Waals surface area contributed by atoms with Crippen LogP contribution >= 0.6 is 12.4 Å². The van der Waals surface area contributed by atoms with Crippen molar-refractivity contribution in [2.75, 3.05) is 26.3 Å². The van der Waals surface area contributed by atoms with Gasteiger partial charge in [-0.15, -0.1) is 12.4 Å². The maximum Gasteiger partial charge on any atom is 0.422 e. The molecule has 24 heavy (non-hydrogen) atoms. The molecule has 0 radical (unpaired) electrons. The van der Waals surface area contributed by atoms with E-state index in [0.717, 1.165) is 12.8 Å². The maximum absolute atomic E-state index is 12.2. The summed E-state index contributed by atoms with van der Waals surface area (Å²) in [7, 11) is 0. The smallest absolute Gasteiger partial charge is 0.422 e. The highest BCUT2D eigenvalue weighted by Gasteiger charge is 2.29. The molecule has 2 N–H and O–H groups in total. The molecule has 1 aliphatic heterocycles.